The van der Waals surface area contributed by atoms with Gasteiger partial charge in [0.2, 0.25) is 0 Å². The monoisotopic (exact) mass is 529 g/mol. The minimum atomic E-state index is -0.420. The molecule has 1 aliphatic rings. The van der Waals surface area contributed by atoms with E-state index >= 15 is 0 Å². The average Bonchev–Trinajstić information content (AvgIpc) is 3.27. The topological polar surface area (TPSA) is 92.4 Å². The molecular formula is C20H28IN5O4. The number of guanidine groups is 1. The fourth-order valence-corrected chi connectivity index (χ4v) is 3.31. The van der Waals surface area contributed by atoms with Gasteiger partial charge in [0.25, 0.3) is 0 Å². The number of benzene rings is 1. The number of carbonyl (C=O) groups is 1. The summed E-state index contributed by atoms with van der Waals surface area (Å²) in [5.74, 6) is 0.908. The Hall–Kier alpha value is -2.34. The summed E-state index contributed by atoms with van der Waals surface area (Å²) in [7, 11) is 4.67. The molecule has 1 fully saturated rings. The molecule has 1 saturated heterocycles. The number of halogens is 1. The summed E-state index contributed by atoms with van der Waals surface area (Å²) in [6, 6.07) is 7.36. The third-order valence-corrected chi connectivity index (χ3v) is 4.88. The van der Waals surface area contributed by atoms with Crippen LogP contribution in [0.3, 0.4) is 0 Å². The van der Waals surface area contributed by atoms with Gasteiger partial charge in [-0.15, -0.1) is 24.0 Å². The van der Waals surface area contributed by atoms with E-state index in [1.807, 2.05) is 12.1 Å². The maximum Gasteiger partial charge on any atom is 0.341 e. The highest BCUT2D eigenvalue weighted by Gasteiger charge is 2.20. The molecule has 0 bridgehead atoms. The number of ether oxygens (including phenoxy) is 2. The van der Waals surface area contributed by atoms with Crippen LogP contribution in [-0.4, -0.2) is 74.3 Å². The average molecular weight is 529 g/mol. The molecule has 0 radical (unpaired) electrons. The third kappa shape index (κ3) is 6.08. The lowest BCUT2D eigenvalue weighted by Crippen LogP contribution is -2.52. The molecule has 1 aromatic heterocycles. The first-order valence-electron chi connectivity index (χ1n) is 9.47. The van der Waals surface area contributed by atoms with E-state index in [1.165, 1.54) is 14.2 Å². The lowest BCUT2D eigenvalue weighted by molar-refractivity contribution is 0.0597. The highest BCUT2D eigenvalue weighted by atomic mass is 127. The smallest absolute Gasteiger partial charge is 0.341 e. The highest BCUT2D eigenvalue weighted by molar-refractivity contribution is 14.0. The zero-order chi connectivity index (χ0) is 20.6. The minimum absolute atomic E-state index is 0. The van der Waals surface area contributed by atoms with Crippen LogP contribution in [0.15, 0.2) is 40.0 Å². The van der Waals surface area contributed by atoms with Crippen molar-refractivity contribution in [2.75, 3.05) is 47.4 Å². The zero-order valence-electron chi connectivity index (χ0n) is 17.5. The van der Waals surface area contributed by atoms with E-state index in [0.717, 1.165) is 49.9 Å². The van der Waals surface area contributed by atoms with Crippen molar-refractivity contribution < 1.29 is 18.8 Å². The molecule has 1 aromatic carbocycles. The number of hydrogen-bond acceptors (Lipinski definition) is 7. The van der Waals surface area contributed by atoms with Gasteiger partial charge in [0.15, 0.2) is 5.96 Å². The lowest BCUT2D eigenvalue weighted by atomic mass is 10.1. The van der Waals surface area contributed by atoms with Crippen molar-refractivity contribution in [2.45, 2.75) is 13.1 Å². The second-order valence-electron chi connectivity index (χ2n) is 6.68. The first-order chi connectivity index (χ1) is 14.1. The van der Waals surface area contributed by atoms with Crippen LogP contribution in [0.1, 0.15) is 21.6 Å². The first-order valence-corrected chi connectivity index (χ1v) is 9.47. The minimum Gasteiger partial charge on any atom is -0.496 e. The molecule has 10 heteroatoms. The van der Waals surface area contributed by atoms with Crippen LogP contribution in [0, 0.1) is 0 Å². The Morgan fingerprint density at radius 2 is 2.00 bits per heavy atom. The van der Waals surface area contributed by atoms with Gasteiger partial charge in [-0.05, 0) is 17.7 Å². The Labute approximate surface area is 193 Å². The Balaban J connectivity index is 0.00000320. The Morgan fingerprint density at radius 3 is 2.60 bits per heavy atom. The second-order valence-corrected chi connectivity index (χ2v) is 6.68. The normalized spacial score (nSPS) is 14.8. The lowest BCUT2D eigenvalue weighted by Gasteiger charge is -2.36. The van der Waals surface area contributed by atoms with E-state index in [1.54, 1.807) is 25.4 Å². The molecule has 30 heavy (non-hydrogen) atoms. The quantitative estimate of drug-likeness (QED) is 0.263. The number of nitrogens with zero attached hydrogens (tertiary/aromatic N) is 4. The number of rotatable bonds is 6. The Morgan fingerprint density at radius 1 is 1.23 bits per heavy atom. The molecule has 2 aromatic rings. The number of nitrogens with one attached hydrogen (secondary N) is 1. The third-order valence-electron chi connectivity index (χ3n) is 4.88. The number of carbonyl (C=O) groups excluding carboxylic acids is 1. The van der Waals surface area contributed by atoms with Crippen LogP contribution < -0.4 is 10.1 Å². The van der Waals surface area contributed by atoms with E-state index < -0.39 is 5.97 Å². The number of aromatic nitrogens is 1. The summed E-state index contributed by atoms with van der Waals surface area (Å²) in [5.41, 5.74) is 2.30. The van der Waals surface area contributed by atoms with Crippen molar-refractivity contribution >= 4 is 35.9 Å². The molecule has 0 unspecified atom stereocenters. The fourth-order valence-electron chi connectivity index (χ4n) is 3.31. The predicted octanol–water partition coefficient (Wildman–Crippen LogP) is 1.98. The second kappa shape index (κ2) is 11.7. The Bertz CT molecular complexity index is 836. The van der Waals surface area contributed by atoms with Gasteiger partial charge in [0.1, 0.15) is 17.6 Å². The highest BCUT2D eigenvalue weighted by Crippen LogP contribution is 2.21. The molecule has 0 atom stereocenters. The summed E-state index contributed by atoms with van der Waals surface area (Å²) in [6.45, 7) is 4.91. The maximum absolute atomic E-state index is 12.0. The van der Waals surface area contributed by atoms with Crippen molar-refractivity contribution in [2.24, 2.45) is 4.99 Å². The summed E-state index contributed by atoms with van der Waals surface area (Å²) in [6.07, 6.45) is 1.60. The van der Waals surface area contributed by atoms with Crippen LogP contribution in [0.2, 0.25) is 0 Å². The first kappa shape index (κ1) is 23.9. The van der Waals surface area contributed by atoms with E-state index in [0.29, 0.717) is 17.9 Å². The van der Waals surface area contributed by atoms with Crippen LogP contribution >= 0.6 is 24.0 Å². The summed E-state index contributed by atoms with van der Waals surface area (Å²) in [4.78, 5) is 20.9. The SMILES string of the molecule is CN=C(NCc1ccc(OC)c(C(=O)OC)c1)N1CCN(Cc2ccon2)CC1.I. The van der Waals surface area contributed by atoms with Crippen LogP contribution in [0.25, 0.3) is 0 Å². The van der Waals surface area contributed by atoms with Crippen LogP contribution in [-0.2, 0) is 17.8 Å². The molecule has 164 valence electrons. The van der Waals surface area contributed by atoms with Crippen molar-refractivity contribution in [3.63, 3.8) is 0 Å². The fraction of sp³-hybridized carbons (Fsp3) is 0.450. The van der Waals surface area contributed by atoms with Gasteiger partial charge in [-0.25, -0.2) is 4.79 Å². The molecule has 9 nitrogen and oxygen atoms in total. The number of hydrogen-bond donors (Lipinski definition) is 1. The van der Waals surface area contributed by atoms with E-state index in [4.69, 9.17) is 14.0 Å². The van der Waals surface area contributed by atoms with E-state index in [-0.39, 0.29) is 24.0 Å². The number of aliphatic imine (C=N–C) groups is 1. The van der Waals surface area contributed by atoms with Gasteiger partial charge in [0, 0.05) is 52.4 Å². The number of methoxy groups -OCH3 is 2. The molecule has 1 N–H and O–H groups in total. The van der Waals surface area contributed by atoms with Gasteiger partial charge < -0.3 is 24.2 Å². The van der Waals surface area contributed by atoms with E-state index in [2.05, 4.69) is 25.3 Å². The molecular weight excluding hydrogens is 501 g/mol. The molecule has 1 aliphatic heterocycles. The number of piperazine rings is 1. The van der Waals surface area contributed by atoms with Crippen molar-refractivity contribution in [3.8, 4) is 5.75 Å². The molecule has 2 heterocycles. The van der Waals surface area contributed by atoms with Gasteiger partial charge in [-0.1, -0.05) is 11.2 Å². The summed E-state index contributed by atoms with van der Waals surface area (Å²) >= 11 is 0. The molecule has 0 aliphatic carbocycles. The van der Waals surface area contributed by atoms with Gasteiger partial charge in [-0.3, -0.25) is 9.89 Å². The van der Waals surface area contributed by atoms with Crippen molar-refractivity contribution in [3.05, 3.63) is 47.3 Å². The van der Waals surface area contributed by atoms with Crippen LogP contribution in [0.5, 0.6) is 5.75 Å². The standard InChI is InChI=1S/C20H27N5O4.HI/c1-21-20(25-9-7-24(8-10-25)14-16-6-11-29-23-16)22-13-15-4-5-18(27-2)17(12-15)19(26)28-3;/h4-6,11-12H,7-10,13-14H2,1-3H3,(H,21,22);1H. The van der Waals surface area contributed by atoms with Gasteiger partial charge >= 0.3 is 5.97 Å². The van der Waals surface area contributed by atoms with Gasteiger partial charge in [0.05, 0.1) is 19.9 Å². The zero-order valence-corrected chi connectivity index (χ0v) is 19.8. The molecule has 3 rings (SSSR count). The molecule has 0 amide bonds. The summed E-state index contributed by atoms with van der Waals surface area (Å²) in [5, 5.41) is 7.35. The Kier molecular flexibility index (Phi) is 9.37. The molecule has 0 spiro atoms. The van der Waals surface area contributed by atoms with Gasteiger partial charge in [-0.2, -0.15) is 0 Å². The summed E-state index contributed by atoms with van der Waals surface area (Å²) < 4.78 is 15.0. The maximum atomic E-state index is 12.0. The largest absolute Gasteiger partial charge is 0.496 e. The predicted molar refractivity (Wildman–Crippen MR) is 123 cm³/mol. The van der Waals surface area contributed by atoms with Crippen LogP contribution in [0.4, 0.5) is 0 Å². The van der Waals surface area contributed by atoms with Crippen molar-refractivity contribution in [1.29, 1.82) is 0 Å². The van der Waals surface area contributed by atoms with Crippen molar-refractivity contribution in [1.82, 2.24) is 20.3 Å². The molecule has 0 saturated carbocycles. The number of esters is 1. The van der Waals surface area contributed by atoms with E-state index in [9.17, 15) is 4.79 Å².